The third-order valence-electron chi connectivity index (χ3n) is 13.2. The second kappa shape index (κ2) is 32.4. The Balaban J connectivity index is 1.80. The number of aliphatic carboxylic acids is 1. The van der Waals surface area contributed by atoms with Gasteiger partial charge in [0.2, 0.25) is 35.4 Å². The fraction of sp³-hybridized carbons (Fsp3) is 0.509. The Kier molecular flexibility index (Phi) is 25.9. The molecule has 1 aliphatic heterocycles. The topological polar surface area (TPSA) is 434 Å². The number of fused-ring (bicyclic) bond motifs is 1. The predicted octanol–water partition coefficient (Wildman–Crippen LogP) is -0.872. The molecule has 2 heterocycles. The second-order valence-electron chi connectivity index (χ2n) is 19.4. The quantitative estimate of drug-likeness (QED) is 0.0350. The number of carbonyl (C=O) groups is 10. The van der Waals surface area contributed by atoms with Crippen LogP contribution in [0.5, 0.6) is 0 Å². The van der Waals surface area contributed by atoms with E-state index < -0.39 is 114 Å². The molecule has 424 valence electrons. The molecule has 0 bridgehead atoms. The van der Waals surface area contributed by atoms with Gasteiger partial charge in [0.05, 0.1) is 19.0 Å². The van der Waals surface area contributed by atoms with Crippen molar-refractivity contribution in [2.45, 2.75) is 133 Å². The first kappa shape index (κ1) is 62.3. The Hall–Kier alpha value is -8.22. The fourth-order valence-electron chi connectivity index (χ4n) is 9.06. The van der Waals surface area contributed by atoms with Gasteiger partial charge in [-0.2, -0.15) is 0 Å². The van der Waals surface area contributed by atoms with Crippen LogP contribution in [0, 0.1) is 11.8 Å². The molecule has 0 spiro atoms. The minimum atomic E-state index is -1.68. The number of guanidine groups is 2. The van der Waals surface area contributed by atoms with Crippen molar-refractivity contribution in [1.82, 2.24) is 36.9 Å². The van der Waals surface area contributed by atoms with Gasteiger partial charge in [0, 0.05) is 74.8 Å². The fourth-order valence-corrected chi connectivity index (χ4v) is 9.06. The number of carbonyl (C=O) groups excluding carboxylic acids is 9. The lowest BCUT2D eigenvalue weighted by molar-refractivity contribution is -0.143. The summed E-state index contributed by atoms with van der Waals surface area (Å²) in [7, 11) is 0. The first-order valence-electron chi connectivity index (χ1n) is 26.2. The molecule has 4 rings (SSSR count). The first-order valence-corrected chi connectivity index (χ1v) is 26.2. The molecule has 6 amide bonds. The Bertz CT molecular complexity index is 2620. The van der Waals surface area contributed by atoms with Crippen molar-refractivity contribution in [2.24, 2.45) is 50.5 Å². The molecule has 2 aromatic carbocycles. The van der Waals surface area contributed by atoms with E-state index in [0.29, 0.717) is 11.1 Å². The van der Waals surface area contributed by atoms with Gasteiger partial charge < -0.3 is 70.7 Å². The molecule has 0 radical (unpaired) electrons. The number of carboxylic acid groups (broad SMARTS) is 1. The lowest BCUT2D eigenvalue weighted by Gasteiger charge is -2.27. The molecule has 1 fully saturated rings. The van der Waals surface area contributed by atoms with E-state index in [-0.39, 0.29) is 121 Å². The summed E-state index contributed by atoms with van der Waals surface area (Å²) >= 11 is 0. The lowest BCUT2D eigenvalue weighted by Crippen LogP contribution is -2.58. The van der Waals surface area contributed by atoms with E-state index in [9.17, 15) is 53.1 Å². The summed E-state index contributed by atoms with van der Waals surface area (Å²) in [5.41, 5.74) is 29.7. The summed E-state index contributed by atoms with van der Waals surface area (Å²) in [6, 6.07) is 8.88. The largest absolute Gasteiger partial charge is 0.480 e. The van der Waals surface area contributed by atoms with E-state index in [1.165, 1.54) is 6.92 Å². The monoisotopic (exact) mass is 1080 g/mol. The van der Waals surface area contributed by atoms with Crippen LogP contribution in [0.2, 0.25) is 0 Å². The molecule has 1 saturated heterocycles. The van der Waals surface area contributed by atoms with Crippen molar-refractivity contribution in [3.8, 4) is 0 Å². The van der Waals surface area contributed by atoms with Gasteiger partial charge in [-0.05, 0) is 87.8 Å². The van der Waals surface area contributed by atoms with Crippen LogP contribution in [0.1, 0.15) is 102 Å². The van der Waals surface area contributed by atoms with Crippen molar-refractivity contribution >= 4 is 81.6 Å². The maximum atomic E-state index is 14.8. The number of H-pyrrole nitrogens is 1. The summed E-state index contributed by atoms with van der Waals surface area (Å²) in [6.07, 6.45) is 0.708. The molecule has 0 aliphatic carbocycles. The Labute approximate surface area is 452 Å². The smallest absolute Gasteiger partial charge is 0.326 e. The van der Waals surface area contributed by atoms with E-state index in [4.69, 9.17) is 28.7 Å². The van der Waals surface area contributed by atoms with Crippen molar-refractivity contribution in [2.75, 3.05) is 26.2 Å². The maximum Gasteiger partial charge on any atom is 0.326 e. The number of aromatic amines is 1. The molecular formula is C53H76N14O11. The minimum Gasteiger partial charge on any atom is -0.480 e. The first-order chi connectivity index (χ1) is 37.2. The second-order valence-corrected chi connectivity index (χ2v) is 19.4. The molecule has 25 nitrogen and oxygen atoms in total. The summed E-state index contributed by atoms with van der Waals surface area (Å²) < 4.78 is 0. The number of amides is 6. The SMILES string of the molecule is CC(=O)N[C@@H](CCCN=C(N)N)C(=O)N[C@H]1CC(=O)NCCCC[C@@H](C(=O)O)NC(=O)[C@H](Cc2c[nH]c3ccccc23)CC(=O)[C@H](CCCN=C(N)N)CC(=O)[C@@H](Cc2ccccc2)NC(=O)[C@H](CCCC(=O)CN)NC1=O. The van der Waals surface area contributed by atoms with E-state index in [0.717, 1.165) is 10.9 Å². The molecule has 78 heavy (non-hydrogen) atoms. The lowest BCUT2D eigenvalue weighted by atomic mass is 9.83. The third-order valence-corrected chi connectivity index (χ3v) is 13.2. The van der Waals surface area contributed by atoms with Gasteiger partial charge >= 0.3 is 5.97 Å². The number of rotatable bonds is 21. The zero-order chi connectivity index (χ0) is 57.1. The highest BCUT2D eigenvalue weighted by molar-refractivity contribution is 5.99. The van der Waals surface area contributed by atoms with E-state index in [2.05, 4.69) is 46.9 Å². The number of hydrogen-bond donors (Lipinski definition) is 13. The van der Waals surface area contributed by atoms with Gasteiger partial charge in [0.25, 0.3) is 0 Å². The molecule has 0 unspecified atom stereocenters. The molecule has 7 atom stereocenters. The number of aromatic nitrogens is 1. The number of benzene rings is 2. The Morgan fingerprint density at radius 2 is 1.40 bits per heavy atom. The van der Waals surface area contributed by atoms with E-state index in [1.54, 1.807) is 36.5 Å². The zero-order valence-electron chi connectivity index (χ0n) is 44.1. The predicted molar refractivity (Wildman–Crippen MR) is 291 cm³/mol. The number of para-hydroxylation sites is 1. The number of Topliss-reactive ketones (excluding diaryl/α,β-unsaturated/α-hetero) is 3. The Morgan fingerprint density at radius 1 is 0.731 bits per heavy atom. The highest BCUT2D eigenvalue weighted by atomic mass is 16.4. The average molecular weight is 1090 g/mol. The summed E-state index contributed by atoms with van der Waals surface area (Å²) in [6.45, 7) is 1.05. The number of nitrogens with one attached hydrogen (secondary N) is 7. The van der Waals surface area contributed by atoms with Crippen LogP contribution in [-0.4, -0.2) is 137 Å². The third kappa shape index (κ3) is 21.8. The van der Waals surface area contributed by atoms with Crippen LogP contribution in [0.15, 0.2) is 70.8 Å². The van der Waals surface area contributed by atoms with Crippen molar-refractivity contribution in [3.05, 3.63) is 71.9 Å². The summed E-state index contributed by atoms with van der Waals surface area (Å²) in [4.78, 5) is 149. The highest BCUT2D eigenvalue weighted by Crippen LogP contribution is 2.26. The van der Waals surface area contributed by atoms with Crippen molar-refractivity contribution in [3.63, 3.8) is 0 Å². The molecule has 18 N–H and O–H groups in total. The number of aliphatic imine (C=N–C) groups is 2. The van der Waals surface area contributed by atoms with Crippen LogP contribution in [0.25, 0.3) is 10.9 Å². The van der Waals surface area contributed by atoms with Crippen molar-refractivity contribution in [1.29, 1.82) is 0 Å². The number of carboxylic acids is 1. The minimum absolute atomic E-state index is 0.00499. The molecule has 1 aliphatic rings. The molecule has 25 heteroatoms. The van der Waals surface area contributed by atoms with Crippen molar-refractivity contribution < 1.29 is 53.1 Å². The number of hydrogen-bond acceptors (Lipinski definition) is 13. The number of ketones is 3. The van der Waals surface area contributed by atoms with Gasteiger partial charge in [-0.15, -0.1) is 0 Å². The highest BCUT2D eigenvalue weighted by Gasteiger charge is 2.36. The van der Waals surface area contributed by atoms with Crippen LogP contribution >= 0.6 is 0 Å². The molecule has 3 aromatic rings. The van der Waals surface area contributed by atoms with Crippen LogP contribution in [-0.2, 0) is 60.8 Å². The van der Waals surface area contributed by atoms with E-state index >= 15 is 0 Å². The van der Waals surface area contributed by atoms with Gasteiger partial charge in [0.15, 0.2) is 17.7 Å². The average Bonchev–Trinajstić information content (AvgIpc) is 3.81. The van der Waals surface area contributed by atoms with Gasteiger partial charge in [0.1, 0.15) is 35.7 Å². The maximum absolute atomic E-state index is 14.8. The van der Waals surface area contributed by atoms with Gasteiger partial charge in [-0.1, -0.05) is 48.5 Å². The van der Waals surface area contributed by atoms with E-state index in [1.807, 2.05) is 24.3 Å². The number of nitrogens with zero attached hydrogens (tertiary/aromatic N) is 2. The summed E-state index contributed by atoms with van der Waals surface area (Å²) in [5.74, 6) is -10.1. The van der Waals surface area contributed by atoms with Crippen LogP contribution in [0.4, 0.5) is 0 Å². The Morgan fingerprint density at radius 3 is 2.08 bits per heavy atom. The molecule has 1 aromatic heterocycles. The molecular weight excluding hydrogens is 1010 g/mol. The van der Waals surface area contributed by atoms with Crippen LogP contribution < -0.4 is 60.6 Å². The molecule has 0 saturated carbocycles. The summed E-state index contributed by atoms with van der Waals surface area (Å²) in [5, 5.41) is 26.8. The standard InChI is InChI=1S/C53H76N14O11/c1-31(68)63-39(20-11-23-61-53(57)58)48(74)67-43-28-46(72)59-21-8-7-18-41(51(77)78)65-47(73)34(25-35-30-62-38-17-6-5-16-37(35)38)27-44(70)33(14-10-22-60-52(55)56)26-45(71)42(24-32-12-3-2-4-13-32)66-49(75)40(64-50(43)76)19-9-15-36(69)29-54/h2-6,12-13,16-17,30,33-34,39-43,62H,7-11,14-15,18-29,54H2,1H3,(H,59,72)(H,63,68)(H,64,76)(H,65,73)(H,66,75)(H,67,74)(H,77,78)(H4,55,56,60)(H4,57,58,61)/t33-,34-,39+,40+,41+,42-,43+/m1/s1. The van der Waals surface area contributed by atoms with Gasteiger partial charge in [-0.3, -0.25) is 53.1 Å². The number of nitrogens with two attached hydrogens (primary N) is 5. The van der Waals surface area contributed by atoms with Gasteiger partial charge in [-0.25, -0.2) is 4.79 Å². The zero-order valence-corrected chi connectivity index (χ0v) is 44.1. The normalized spacial score (nSPS) is 20.9. The van der Waals surface area contributed by atoms with Crippen LogP contribution in [0.3, 0.4) is 0 Å².